The van der Waals surface area contributed by atoms with Crippen LogP contribution in [0.5, 0.6) is 0 Å². The Morgan fingerprint density at radius 3 is 2.37 bits per heavy atom. The molecule has 1 saturated carbocycles. The lowest BCUT2D eigenvalue weighted by molar-refractivity contribution is -0.130. The van der Waals surface area contributed by atoms with Crippen LogP contribution in [-0.4, -0.2) is 69.6 Å². The first kappa shape index (κ1) is 30.6. The quantitative estimate of drug-likeness (QED) is 0.374. The van der Waals surface area contributed by atoms with Gasteiger partial charge in [-0.3, -0.25) is 19.1 Å². The summed E-state index contributed by atoms with van der Waals surface area (Å²) >= 11 is 0. The number of carbonyl (C=O) groups is 4. The molecule has 1 aliphatic heterocycles. The Hall–Kier alpha value is -3.89. The summed E-state index contributed by atoms with van der Waals surface area (Å²) in [6.45, 7) is 9.05. The van der Waals surface area contributed by atoms with Crippen LogP contribution in [0.2, 0.25) is 0 Å². The third-order valence-corrected chi connectivity index (χ3v) is 9.82. The van der Waals surface area contributed by atoms with Crippen LogP contribution in [0.15, 0.2) is 30.5 Å². The molecule has 5 rings (SSSR count). The highest BCUT2D eigenvalue weighted by atomic mass is 16.2. The summed E-state index contributed by atoms with van der Waals surface area (Å²) in [6.07, 6.45) is 5.94. The van der Waals surface area contributed by atoms with Crippen LogP contribution in [0.25, 0.3) is 0 Å². The van der Waals surface area contributed by atoms with Crippen molar-refractivity contribution in [1.82, 2.24) is 30.6 Å². The van der Waals surface area contributed by atoms with Crippen LogP contribution >= 0.6 is 0 Å². The summed E-state index contributed by atoms with van der Waals surface area (Å²) in [5.74, 6) is -0.565. The molecule has 11 nitrogen and oxygen atoms in total. The molecule has 5 amide bonds. The topological polar surface area (TPSA) is 137 Å². The lowest BCUT2D eigenvalue weighted by atomic mass is 9.71. The van der Waals surface area contributed by atoms with Crippen LogP contribution in [0.1, 0.15) is 75.0 Å². The number of fused-ring (bicyclic) bond motifs is 1. The van der Waals surface area contributed by atoms with Gasteiger partial charge in [-0.1, -0.05) is 33.8 Å². The van der Waals surface area contributed by atoms with Crippen LogP contribution in [-0.2, 0) is 29.5 Å². The molecule has 0 radical (unpaired) electrons. The smallest absolute Gasteiger partial charge is 0.318 e. The molecule has 1 aromatic carbocycles. The first-order chi connectivity index (χ1) is 20.3. The van der Waals surface area contributed by atoms with Gasteiger partial charge in [0, 0.05) is 45.4 Å². The van der Waals surface area contributed by atoms with Gasteiger partial charge in [0.15, 0.2) is 0 Å². The highest BCUT2D eigenvalue weighted by molar-refractivity contribution is 6.01. The van der Waals surface area contributed by atoms with Gasteiger partial charge in [0.25, 0.3) is 5.91 Å². The fourth-order valence-corrected chi connectivity index (χ4v) is 6.93. The number of hydrogen-bond donors (Lipinski definition) is 4. The molecule has 1 aromatic heterocycles. The van der Waals surface area contributed by atoms with Crippen molar-refractivity contribution >= 4 is 29.4 Å². The zero-order chi connectivity index (χ0) is 31.1. The highest BCUT2D eigenvalue weighted by Crippen LogP contribution is 2.40. The molecule has 1 saturated heterocycles. The maximum absolute atomic E-state index is 13.8. The Balaban J connectivity index is 1.36. The van der Waals surface area contributed by atoms with E-state index in [0.29, 0.717) is 30.8 Å². The molecule has 43 heavy (non-hydrogen) atoms. The minimum Gasteiger partial charge on any atom is -0.357 e. The SMILES string of the molecule is CNC(=O)C1(N2C[C@@H](C(C)C)NC2=O)Cc2ccc(NC(=O)C(NC(=O)c3ccnn3C)C3CCC(C)(C)CC3)cc2C1. The van der Waals surface area contributed by atoms with Gasteiger partial charge < -0.3 is 26.2 Å². The minimum atomic E-state index is -1.04. The van der Waals surface area contributed by atoms with E-state index < -0.39 is 11.6 Å². The average Bonchev–Trinajstić information content (AvgIpc) is 3.68. The molecule has 2 aliphatic carbocycles. The summed E-state index contributed by atoms with van der Waals surface area (Å²) in [4.78, 5) is 55.1. The molecule has 0 bridgehead atoms. The van der Waals surface area contributed by atoms with Gasteiger partial charge in [0.05, 0.1) is 6.04 Å². The maximum Gasteiger partial charge on any atom is 0.318 e. The zero-order valence-corrected chi connectivity index (χ0v) is 26.1. The van der Waals surface area contributed by atoms with Gasteiger partial charge in [-0.05, 0) is 72.3 Å². The Labute approximate surface area is 253 Å². The van der Waals surface area contributed by atoms with Crippen molar-refractivity contribution in [1.29, 1.82) is 0 Å². The molecule has 11 heteroatoms. The fourth-order valence-electron chi connectivity index (χ4n) is 6.93. The van der Waals surface area contributed by atoms with E-state index in [1.54, 1.807) is 31.3 Å². The van der Waals surface area contributed by atoms with E-state index in [1.807, 2.05) is 18.2 Å². The Bertz CT molecular complexity index is 1410. The van der Waals surface area contributed by atoms with Crippen molar-refractivity contribution < 1.29 is 19.2 Å². The molecule has 2 heterocycles. The third kappa shape index (κ3) is 5.99. The lowest BCUT2D eigenvalue weighted by Gasteiger charge is -2.37. The number of hydrogen-bond acceptors (Lipinski definition) is 5. The average molecular weight is 592 g/mol. The van der Waals surface area contributed by atoms with Gasteiger partial charge >= 0.3 is 6.03 Å². The standard InChI is InChI=1S/C32H45N7O4/c1-19(2)24-18-39(30(43)36-24)32(29(42)33-5)16-21-7-8-23(15-22(21)17-32)35-28(41)26(20-9-12-31(3,4)13-10-20)37-27(40)25-11-14-34-38(25)6/h7-8,11,14-15,19-20,24,26H,9-10,12-13,16-18H2,1-6H3,(H,33,42)(H,35,41)(H,36,43)(H,37,40)/t24-,26?,32?/m0/s1. The Morgan fingerprint density at radius 2 is 1.77 bits per heavy atom. The van der Waals surface area contributed by atoms with Crippen LogP contribution in [0.4, 0.5) is 10.5 Å². The molecule has 3 aliphatic rings. The van der Waals surface area contributed by atoms with Crippen LogP contribution in [0, 0.1) is 17.3 Å². The summed E-state index contributed by atoms with van der Waals surface area (Å²) in [5.41, 5.74) is 2.04. The number of aryl methyl sites for hydroxylation is 1. The Kier molecular flexibility index (Phi) is 8.28. The maximum atomic E-state index is 13.8. The number of rotatable bonds is 8. The summed E-state index contributed by atoms with van der Waals surface area (Å²) in [7, 11) is 3.30. The van der Waals surface area contributed by atoms with Gasteiger partial charge in [-0.2, -0.15) is 5.10 Å². The number of nitrogens with one attached hydrogen (secondary N) is 4. The second kappa shape index (κ2) is 11.7. The van der Waals surface area contributed by atoms with E-state index >= 15 is 0 Å². The number of urea groups is 1. The molecule has 2 aromatic rings. The first-order valence-corrected chi connectivity index (χ1v) is 15.4. The zero-order valence-electron chi connectivity index (χ0n) is 26.1. The monoisotopic (exact) mass is 591 g/mol. The number of anilines is 1. The number of amides is 5. The summed E-state index contributed by atoms with van der Waals surface area (Å²) in [6, 6.07) is 6.32. The van der Waals surface area contributed by atoms with Gasteiger partial charge in [-0.15, -0.1) is 0 Å². The van der Waals surface area contributed by atoms with E-state index in [1.165, 1.54) is 4.68 Å². The molecular formula is C32H45N7O4. The fraction of sp³-hybridized carbons (Fsp3) is 0.594. The predicted molar refractivity (Wildman–Crippen MR) is 163 cm³/mol. The largest absolute Gasteiger partial charge is 0.357 e. The van der Waals surface area contributed by atoms with E-state index in [0.717, 1.165) is 36.8 Å². The van der Waals surface area contributed by atoms with Gasteiger partial charge in [0.2, 0.25) is 11.8 Å². The second-order valence-electron chi connectivity index (χ2n) is 13.6. The number of likely N-dealkylation sites (N-methyl/N-ethyl adjacent to an activating group) is 1. The Morgan fingerprint density at radius 1 is 1.07 bits per heavy atom. The molecule has 0 spiro atoms. The molecule has 2 fully saturated rings. The van der Waals surface area contributed by atoms with E-state index in [9.17, 15) is 19.2 Å². The molecule has 232 valence electrons. The molecule has 2 unspecified atom stereocenters. The van der Waals surface area contributed by atoms with Gasteiger partial charge in [-0.25, -0.2) is 4.79 Å². The van der Waals surface area contributed by atoms with Crippen molar-refractivity contribution in [3.05, 3.63) is 47.3 Å². The minimum absolute atomic E-state index is 0.00288. The third-order valence-electron chi connectivity index (χ3n) is 9.82. The van der Waals surface area contributed by atoms with E-state index in [4.69, 9.17) is 0 Å². The van der Waals surface area contributed by atoms with E-state index in [2.05, 4.69) is 54.1 Å². The second-order valence-corrected chi connectivity index (χ2v) is 13.6. The van der Waals surface area contributed by atoms with Gasteiger partial charge in [0.1, 0.15) is 17.3 Å². The van der Waals surface area contributed by atoms with Crippen LogP contribution < -0.4 is 21.3 Å². The predicted octanol–water partition coefficient (Wildman–Crippen LogP) is 3.01. The summed E-state index contributed by atoms with van der Waals surface area (Å²) in [5, 5.41) is 16.0. The first-order valence-electron chi connectivity index (χ1n) is 15.4. The number of nitrogens with zero attached hydrogens (tertiary/aromatic N) is 3. The number of aromatic nitrogens is 2. The highest BCUT2D eigenvalue weighted by Gasteiger charge is 2.53. The van der Waals surface area contributed by atoms with Crippen molar-refractivity contribution in [3.63, 3.8) is 0 Å². The molecule has 3 atom stereocenters. The molecular weight excluding hydrogens is 546 g/mol. The summed E-state index contributed by atoms with van der Waals surface area (Å²) < 4.78 is 1.50. The van der Waals surface area contributed by atoms with Crippen molar-refractivity contribution in [3.8, 4) is 0 Å². The molecule has 4 N–H and O–H groups in total. The number of benzene rings is 1. The van der Waals surface area contributed by atoms with Crippen molar-refractivity contribution in [2.45, 2.75) is 83.8 Å². The normalized spacial score (nSPS) is 23.9. The van der Waals surface area contributed by atoms with Crippen molar-refractivity contribution in [2.24, 2.45) is 24.3 Å². The number of carbonyl (C=O) groups excluding carboxylic acids is 4. The van der Waals surface area contributed by atoms with Crippen LogP contribution in [0.3, 0.4) is 0 Å². The van der Waals surface area contributed by atoms with E-state index in [-0.39, 0.29) is 47.0 Å². The van der Waals surface area contributed by atoms with Crippen molar-refractivity contribution in [2.75, 3.05) is 18.9 Å². The lowest BCUT2D eigenvalue weighted by Crippen LogP contribution is -2.60.